The normalized spacial score (nSPS) is 19.7. The number of hydrogen-bond donors (Lipinski definition) is 0. The number of nitrogens with zero attached hydrogens (tertiary/aromatic N) is 2. The summed E-state index contributed by atoms with van der Waals surface area (Å²) in [6.45, 7) is 3.94. The number of Topliss-reactive ketones (excluding diaryl/α,β-unsaturated/α-hetero) is 2. The molecule has 0 saturated carbocycles. The van der Waals surface area contributed by atoms with E-state index in [-0.39, 0.29) is 17.6 Å². The molecule has 3 aromatic rings. The number of carbonyl (C=O) groups is 2. The van der Waals surface area contributed by atoms with Gasteiger partial charge >= 0.3 is 0 Å². The van der Waals surface area contributed by atoms with Gasteiger partial charge in [-0.2, -0.15) is 0 Å². The van der Waals surface area contributed by atoms with Crippen LogP contribution in [-0.4, -0.2) is 23.3 Å². The molecule has 0 spiro atoms. The van der Waals surface area contributed by atoms with Crippen LogP contribution in [0.5, 0.6) is 0 Å². The predicted molar refractivity (Wildman–Crippen MR) is 119 cm³/mol. The molecule has 0 saturated heterocycles. The number of ketones is 2. The van der Waals surface area contributed by atoms with Crippen LogP contribution >= 0.6 is 0 Å². The lowest BCUT2D eigenvalue weighted by atomic mass is 9.77. The van der Waals surface area contributed by atoms with Gasteiger partial charge in [0.1, 0.15) is 0 Å². The Balaban J connectivity index is 1.59. The molecule has 6 rings (SSSR count). The summed E-state index contributed by atoms with van der Waals surface area (Å²) in [6.07, 6.45) is 1.85. The van der Waals surface area contributed by atoms with Gasteiger partial charge in [-0.15, -0.1) is 0 Å². The first-order valence-corrected chi connectivity index (χ1v) is 10.1. The third kappa shape index (κ3) is 2.13. The van der Waals surface area contributed by atoms with Gasteiger partial charge in [0, 0.05) is 22.3 Å². The number of anilines is 1. The van der Waals surface area contributed by atoms with E-state index in [9.17, 15) is 9.59 Å². The van der Waals surface area contributed by atoms with Crippen molar-refractivity contribution in [3.05, 3.63) is 94.7 Å². The Hall–Kier alpha value is -3.79. The molecule has 1 aliphatic carbocycles. The van der Waals surface area contributed by atoms with Crippen LogP contribution in [0.15, 0.2) is 88.6 Å². The zero-order valence-corrected chi connectivity index (χ0v) is 16.6. The van der Waals surface area contributed by atoms with E-state index in [1.807, 2.05) is 80.6 Å². The molecule has 2 heterocycles. The van der Waals surface area contributed by atoms with E-state index in [1.54, 1.807) is 0 Å². The Kier molecular flexibility index (Phi) is 3.34. The van der Waals surface area contributed by atoms with Crippen LogP contribution in [0.2, 0.25) is 0 Å². The first kappa shape index (κ1) is 17.1. The quantitative estimate of drug-likeness (QED) is 0.515. The monoisotopic (exact) mass is 390 g/mol. The van der Waals surface area contributed by atoms with Crippen LogP contribution in [-0.2, 0) is 0 Å². The van der Waals surface area contributed by atoms with Crippen LogP contribution in [0, 0.1) is 0 Å². The summed E-state index contributed by atoms with van der Waals surface area (Å²) in [7, 11) is 0. The van der Waals surface area contributed by atoms with E-state index in [4.69, 9.17) is 4.99 Å². The SMILES string of the molecule is CC1=Nc2ccccc2N2C1=CC1=C(C(=O)c3cc4ccccc4cc3C1=O)C2C. The lowest BCUT2D eigenvalue weighted by molar-refractivity contribution is 0.0972. The van der Waals surface area contributed by atoms with Crippen molar-refractivity contribution in [2.45, 2.75) is 19.9 Å². The van der Waals surface area contributed by atoms with Gasteiger partial charge in [-0.05, 0) is 55.0 Å². The first-order chi connectivity index (χ1) is 14.5. The first-order valence-electron chi connectivity index (χ1n) is 10.1. The number of allylic oxidation sites excluding steroid dienone is 3. The average Bonchev–Trinajstić information content (AvgIpc) is 2.76. The Morgan fingerprint density at radius 3 is 2.23 bits per heavy atom. The lowest BCUT2D eigenvalue weighted by Crippen LogP contribution is -2.44. The van der Waals surface area contributed by atoms with Gasteiger partial charge in [-0.1, -0.05) is 36.4 Å². The number of fused-ring (bicyclic) bond motifs is 5. The molecule has 3 aromatic carbocycles. The molecule has 144 valence electrons. The fourth-order valence-electron chi connectivity index (χ4n) is 4.87. The molecule has 0 N–H and O–H groups in total. The molecule has 1 atom stereocenters. The van der Waals surface area contributed by atoms with E-state index in [1.165, 1.54) is 0 Å². The predicted octanol–water partition coefficient (Wildman–Crippen LogP) is 5.41. The van der Waals surface area contributed by atoms with E-state index in [2.05, 4.69) is 4.90 Å². The largest absolute Gasteiger partial charge is 0.331 e. The van der Waals surface area contributed by atoms with Crippen molar-refractivity contribution in [2.75, 3.05) is 4.90 Å². The van der Waals surface area contributed by atoms with Gasteiger partial charge in [-0.3, -0.25) is 9.59 Å². The molecule has 30 heavy (non-hydrogen) atoms. The summed E-state index contributed by atoms with van der Waals surface area (Å²) in [5.74, 6) is -0.151. The second-order valence-corrected chi connectivity index (χ2v) is 7.99. The molecule has 0 radical (unpaired) electrons. The summed E-state index contributed by atoms with van der Waals surface area (Å²) >= 11 is 0. The highest BCUT2D eigenvalue weighted by Crippen LogP contribution is 2.44. The Labute approximate surface area is 173 Å². The number of rotatable bonds is 0. The van der Waals surface area contributed by atoms with E-state index < -0.39 is 0 Å². The molecule has 0 aromatic heterocycles. The Morgan fingerprint density at radius 2 is 1.50 bits per heavy atom. The molecule has 0 amide bonds. The van der Waals surface area contributed by atoms with Crippen molar-refractivity contribution < 1.29 is 9.59 Å². The summed E-state index contributed by atoms with van der Waals surface area (Å²) in [4.78, 5) is 34.0. The zero-order valence-electron chi connectivity index (χ0n) is 16.6. The molecule has 0 fully saturated rings. The molecule has 0 bridgehead atoms. The second kappa shape index (κ2) is 5.86. The minimum absolute atomic E-state index is 0.0641. The van der Waals surface area contributed by atoms with Crippen molar-refractivity contribution in [3.63, 3.8) is 0 Å². The van der Waals surface area contributed by atoms with Gasteiger partial charge in [0.15, 0.2) is 11.6 Å². The standard InChI is InChI=1S/C26H18N2O2/c1-14-23-13-20-24(15(2)28(23)22-10-6-5-9-21(22)27-14)26(30)19-12-17-8-4-3-7-16(17)11-18(19)25(20)29/h3-13,15H,1-2H3. The zero-order chi connectivity index (χ0) is 20.6. The van der Waals surface area contributed by atoms with Crippen molar-refractivity contribution >= 4 is 39.4 Å². The molecule has 4 nitrogen and oxygen atoms in total. The van der Waals surface area contributed by atoms with Gasteiger partial charge < -0.3 is 4.90 Å². The van der Waals surface area contributed by atoms with Crippen molar-refractivity contribution in [1.82, 2.24) is 0 Å². The molecule has 4 heteroatoms. The van der Waals surface area contributed by atoms with Gasteiger partial charge in [-0.25, -0.2) is 4.99 Å². The van der Waals surface area contributed by atoms with Crippen LogP contribution < -0.4 is 4.90 Å². The van der Waals surface area contributed by atoms with Crippen LogP contribution in [0.4, 0.5) is 11.4 Å². The van der Waals surface area contributed by atoms with Crippen LogP contribution in [0.3, 0.4) is 0 Å². The van der Waals surface area contributed by atoms with E-state index >= 15 is 0 Å². The van der Waals surface area contributed by atoms with E-state index in [0.717, 1.165) is 33.6 Å². The highest BCUT2D eigenvalue weighted by molar-refractivity contribution is 6.31. The molecule has 3 aliphatic rings. The number of para-hydroxylation sites is 2. The van der Waals surface area contributed by atoms with Crippen molar-refractivity contribution in [1.29, 1.82) is 0 Å². The number of aliphatic imine (C=N–C) groups is 1. The van der Waals surface area contributed by atoms with Gasteiger partial charge in [0.2, 0.25) is 0 Å². The maximum atomic E-state index is 13.6. The number of benzene rings is 3. The highest BCUT2D eigenvalue weighted by atomic mass is 16.1. The molecule has 2 aliphatic heterocycles. The van der Waals surface area contributed by atoms with Gasteiger partial charge in [0.25, 0.3) is 0 Å². The maximum Gasteiger partial charge on any atom is 0.194 e. The maximum absolute atomic E-state index is 13.6. The summed E-state index contributed by atoms with van der Waals surface area (Å²) in [5, 5.41) is 1.93. The Bertz CT molecular complexity index is 1410. The number of hydrogen-bond acceptors (Lipinski definition) is 4. The third-order valence-electron chi connectivity index (χ3n) is 6.30. The fraction of sp³-hybridized carbons (Fsp3) is 0.115. The molecular weight excluding hydrogens is 372 g/mol. The Morgan fingerprint density at radius 1 is 0.867 bits per heavy atom. The smallest absolute Gasteiger partial charge is 0.194 e. The number of carbonyl (C=O) groups excluding carboxylic acids is 2. The van der Waals surface area contributed by atoms with Crippen LogP contribution in [0.25, 0.3) is 10.8 Å². The van der Waals surface area contributed by atoms with Crippen LogP contribution in [0.1, 0.15) is 34.6 Å². The summed E-state index contributed by atoms with van der Waals surface area (Å²) in [5.41, 5.74) is 5.60. The fourth-order valence-corrected chi connectivity index (χ4v) is 4.87. The lowest BCUT2D eigenvalue weighted by Gasteiger charge is -2.41. The average molecular weight is 390 g/mol. The summed E-state index contributed by atoms with van der Waals surface area (Å²) in [6, 6.07) is 19.2. The van der Waals surface area contributed by atoms with Gasteiger partial charge in [0.05, 0.1) is 28.8 Å². The topological polar surface area (TPSA) is 49.7 Å². The highest BCUT2D eigenvalue weighted by Gasteiger charge is 2.41. The third-order valence-corrected chi connectivity index (χ3v) is 6.30. The minimum Gasteiger partial charge on any atom is -0.331 e. The minimum atomic E-state index is -0.261. The van der Waals surface area contributed by atoms with E-state index in [0.29, 0.717) is 22.3 Å². The summed E-state index contributed by atoms with van der Waals surface area (Å²) < 4.78 is 0. The van der Waals surface area contributed by atoms with Crippen molar-refractivity contribution in [2.24, 2.45) is 4.99 Å². The molecular formula is C26H18N2O2. The molecule has 1 unspecified atom stereocenters. The van der Waals surface area contributed by atoms with Crippen molar-refractivity contribution in [3.8, 4) is 0 Å². The second-order valence-electron chi connectivity index (χ2n) is 7.99.